The van der Waals surface area contributed by atoms with Gasteiger partial charge >= 0.3 is 0 Å². The predicted octanol–water partition coefficient (Wildman–Crippen LogP) is 2.80. The smallest absolute Gasteiger partial charge is 0.124 e. The van der Waals surface area contributed by atoms with Gasteiger partial charge < -0.3 is 5.11 Å². The van der Waals surface area contributed by atoms with Crippen LogP contribution in [0.3, 0.4) is 0 Å². The maximum Gasteiger partial charge on any atom is 0.124 e. The van der Waals surface area contributed by atoms with Gasteiger partial charge in [-0.3, -0.25) is 4.68 Å². The highest BCUT2D eigenvalue weighted by atomic mass is 35.5. The van der Waals surface area contributed by atoms with Gasteiger partial charge in [0.25, 0.3) is 0 Å². The Morgan fingerprint density at radius 3 is 2.78 bits per heavy atom. The van der Waals surface area contributed by atoms with Crippen LogP contribution in [0.4, 0.5) is 4.39 Å². The first-order valence-electron chi connectivity index (χ1n) is 5.59. The number of aromatic nitrogens is 2. The molecule has 0 spiro atoms. The van der Waals surface area contributed by atoms with Gasteiger partial charge in [-0.1, -0.05) is 17.7 Å². The van der Waals surface area contributed by atoms with Crippen molar-refractivity contribution < 1.29 is 9.50 Å². The van der Waals surface area contributed by atoms with E-state index in [2.05, 4.69) is 5.10 Å². The molecule has 1 N–H and O–H groups in total. The van der Waals surface area contributed by atoms with Crippen LogP contribution in [0.2, 0.25) is 5.02 Å². The highest BCUT2D eigenvalue weighted by molar-refractivity contribution is 6.31. The van der Waals surface area contributed by atoms with Crippen molar-refractivity contribution in [3.8, 4) is 0 Å². The monoisotopic (exact) mass is 268 g/mol. The largest absolute Gasteiger partial charge is 0.388 e. The Balaban J connectivity index is 2.21. The van der Waals surface area contributed by atoms with Crippen LogP contribution in [0.5, 0.6) is 0 Å². The van der Waals surface area contributed by atoms with E-state index in [4.69, 9.17) is 11.6 Å². The zero-order chi connectivity index (χ0) is 13.3. The molecule has 0 fully saturated rings. The molecule has 1 atom stereocenters. The van der Waals surface area contributed by atoms with Gasteiger partial charge in [0.1, 0.15) is 5.82 Å². The van der Waals surface area contributed by atoms with Crippen molar-refractivity contribution in [2.45, 2.75) is 19.4 Å². The number of aliphatic hydroxyl groups is 1. The van der Waals surface area contributed by atoms with Gasteiger partial charge in [0.05, 0.1) is 12.3 Å². The number of aryl methyl sites for hydroxylation is 1. The minimum Gasteiger partial charge on any atom is -0.388 e. The molecular formula is C13H14ClFN2O. The molecule has 2 aromatic rings. The topological polar surface area (TPSA) is 38.1 Å². The van der Waals surface area contributed by atoms with Crippen LogP contribution in [0.25, 0.3) is 0 Å². The van der Waals surface area contributed by atoms with Gasteiger partial charge in [-0.2, -0.15) is 5.10 Å². The molecule has 3 nitrogen and oxygen atoms in total. The van der Waals surface area contributed by atoms with Crippen molar-refractivity contribution in [2.24, 2.45) is 7.05 Å². The van der Waals surface area contributed by atoms with Crippen molar-refractivity contribution in [1.29, 1.82) is 0 Å². The van der Waals surface area contributed by atoms with Crippen LogP contribution < -0.4 is 0 Å². The molecule has 0 aliphatic rings. The minimum atomic E-state index is -0.693. The van der Waals surface area contributed by atoms with Crippen LogP contribution in [-0.4, -0.2) is 14.9 Å². The highest BCUT2D eigenvalue weighted by Gasteiger charge is 2.16. The van der Waals surface area contributed by atoms with Crippen LogP contribution in [-0.2, 0) is 13.5 Å². The molecule has 1 aromatic heterocycles. The van der Waals surface area contributed by atoms with E-state index < -0.39 is 6.10 Å². The SMILES string of the molecule is Cc1c(C(O)Cc2ccc(F)cc2Cl)cnn1C. The lowest BCUT2D eigenvalue weighted by Crippen LogP contribution is -2.04. The van der Waals surface area contributed by atoms with Gasteiger partial charge in [0, 0.05) is 29.7 Å². The van der Waals surface area contributed by atoms with Gasteiger partial charge in [-0.05, 0) is 24.6 Å². The number of rotatable bonds is 3. The fourth-order valence-electron chi connectivity index (χ4n) is 1.85. The molecule has 1 aromatic carbocycles. The van der Waals surface area contributed by atoms with E-state index in [9.17, 15) is 9.50 Å². The summed E-state index contributed by atoms with van der Waals surface area (Å²) in [5.41, 5.74) is 2.38. The average molecular weight is 269 g/mol. The zero-order valence-electron chi connectivity index (χ0n) is 10.2. The van der Waals surface area contributed by atoms with E-state index in [-0.39, 0.29) is 5.82 Å². The third kappa shape index (κ3) is 2.54. The molecule has 1 unspecified atom stereocenters. The predicted molar refractivity (Wildman–Crippen MR) is 68.0 cm³/mol. The van der Waals surface area contributed by atoms with Crippen LogP contribution in [0, 0.1) is 12.7 Å². The number of nitrogens with zero attached hydrogens (tertiary/aromatic N) is 2. The third-order valence-electron chi connectivity index (χ3n) is 3.06. The summed E-state index contributed by atoms with van der Waals surface area (Å²) in [6.45, 7) is 1.89. The van der Waals surface area contributed by atoms with E-state index >= 15 is 0 Å². The number of benzene rings is 1. The fraction of sp³-hybridized carbons (Fsp3) is 0.308. The van der Waals surface area contributed by atoms with Gasteiger partial charge in [-0.25, -0.2) is 4.39 Å². The summed E-state index contributed by atoms with van der Waals surface area (Å²) >= 11 is 5.93. The minimum absolute atomic E-state index is 0.329. The lowest BCUT2D eigenvalue weighted by atomic mass is 10.0. The summed E-state index contributed by atoms with van der Waals surface area (Å²) < 4.78 is 14.6. The van der Waals surface area contributed by atoms with E-state index in [1.54, 1.807) is 16.9 Å². The van der Waals surface area contributed by atoms with E-state index in [1.807, 2.05) is 14.0 Å². The van der Waals surface area contributed by atoms with Gasteiger partial charge in [0.2, 0.25) is 0 Å². The Bertz CT molecular complexity index is 568. The molecule has 0 bridgehead atoms. The van der Waals surface area contributed by atoms with E-state index in [0.29, 0.717) is 17.0 Å². The molecule has 96 valence electrons. The summed E-state index contributed by atoms with van der Waals surface area (Å²) in [5, 5.41) is 14.6. The number of halogens is 2. The molecule has 0 saturated carbocycles. The molecule has 0 aliphatic heterocycles. The van der Waals surface area contributed by atoms with E-state index in [1.165, 1.54) is 12.1 Å². The maximum absolute atomic E-state index is 12.9. The fourth-order valence-corrected chi connectivity index (χ4v) is 2.09. The summed E-state index contributed by atoms with van der Waals surface area (Å²) in [4.78, 5) is 0. The second-order valence-corrected chi connectivity index (χ2v) is 4.67. The lowest BCUT2D eigenvalue weighted by Gasteiger charge is -2.11. The quantitative estimate of drug-likeness (QED) is 0.930. The maximum atomic E-state index is 12.9. The first-order chi connectivity index (χ1) is 8.49. The van der Waals surface area contributed by atoms with Crippen LogP contribution >= 0.6 is 11.6 Å². The van der Waals surface area contributed by atoms with Crippen molar-refractivity contribution in [3.05, 3.63) is 52.1 Å². The molecule has 0 aliphatic carbocycles. The summed E-state index contributed by atoms with van der Waals surface area (Å²) in [6, 6.07) is 4.18. The van der Waals surface area contributed by atoms with Crippen LogP contribution in [0.1, 0.15) is 22.9 Å². The standard InChI is InChI=1S/C13H14ClFN2O/c1-8-11(7-16-17(8)2)13(18)5-9-3-4-10(15)6-12(9)14/h3-4,6-7,13,18H,5H2,1-2H3. The Hall–Kier alpha value is -1.39. The molecule has 0 saturated heterocycles. The highest BCUT2D eigenvalue weighted by Crippen LogP contribution is 2.25. The Kier molecular flexibility index (Phi) is 3.68. The first-order valence-corrected chi connectivity index (χ1v) is 5.97. The Morgan fingerprint density at radius 1 is 1.50 bits per heavy atom. The Labute approximate surface area is 110 Å². The summed E-state index contributed by atoms with van der Waals surface area (Å²) in [5.74, 6) is -0.379. The van der Waals surface area contributed by atoms with Gasteiger partial charge in [0.15, 0.2) is 0 Å². The van der Waals surface area contributed by atoms with Crippen molar-refractivity contribution in [3.63, 3.8) is 0 Å². The number of hydrogen-bond acceptors (Lipinski definition) is 2. The van der Waals surface area contributed by atoms with Crippen molar-refractivity contribution >= 4 is 11.6 Å². The lowest BCUT2D eigenvalue weighted by molar-refractivity contribution is 0.177. The molecule has 0 radical (unpaired) electrons. The molecule has 18 heavy (non-hydrogen) atoms. The molecular weight excluding hydrogens is 255 g/mol. The third-order valence-corrected chi connectivity index (χ3v) is 3.41. The van der Waals surface area contributed by atoms with Crippen LogP contribution in [0.15, 0.2) is 24.4 Å². The average Bonchev–Trinajstić information content (AvgIpc) is 2.64. The number of aliphatic hydroxyl groups excluding tert-OH is 1. The van der Waals surface area contributed by atoms with Crippen molar-refractivity contribution in [2.75, 3.05) is 0 Å². The van der Waals surface area contributed by atoms with Crippen molar-refractivity contribution in [1.82, 2.24) is 9.78 Å². The van der Waals surface area contributed by atoms with E-state index in [0.717, 1.165) is 11.3 Å². The summed E-state index contributed by atoms with van der Waals surface area (Å²) in [6.07, 6.45) is 1.28. The zero-order valence-corrected chi connectivity index (χ0v) is 10.9. The molecule has 0 amide bonds. The molecule has 5 heteroatoms. The second-order valence-electron chi connectivity index (χ2n) is 4.26. The second kappa shape index (κ2) is 5.08. The number of hydrogen-bond donors (Lipinski definition) is 1. The molecule has 2 rings (SSSR count). The van der Waals surface area contributed by atoms with Gasteiger partial charge in [-0.15, -0.1) is 0 Å². The summed E-state index contributed by atoms with van der Waals surface area (Å²) in [7, 11) is 1.82. The first kappa shape index (κ1) is 13.1. The normalized spacial score (nSPS) is 12.7. The molecule has 1 heterocycles. The Morgan fingerprint density at radius 2 is 2.22 bits per heavy atom.